The third-order valence-electron chi connectivity index (χ3n) is 1.87. The third-order valence-corrected chi connectivity index (χ3v) is 2.05. The van der Waals surface area contributed by atoms with Gasteiger partial charge in [0.05, 0.1) is 0 Å². The molecule has 0 aliphatic carbocycles. The summed E-state index contributed by atoms with van der Waals surface area (Å²) in [6, 6.07) is 4.89. The highest BCUT2D eigenvalue weighted by atomic mass is 35.5. The fourth-order valence-electron chi connectivity index (χ4n) is 1.28. The Morgan fingerprint density at radius 3 is 2.33 bits per heavy atom. The van der Waals surface area contributed by atoms with Crippen LogP contribution in [-0.4, -0.2) is 17.8 Å². The number of allylic oxidation sites excluding steroid dienone is 1. The van der Waals surface area contributed by atoms with Crippen molar-refractivity contribution in [1.29, 1.82) is 0 Å². The summed E-state index contributed by atoms with van der Waals surface area (Å²) in [6.07, 6.45) is 3.53. The molecule has 0 heterocycles. The van der Waals surface area contributed by atoms with Gasteiger partial charge in [-0.2, -0.15) is 0 Å². The molecule has 1 aromatic carbocycles. The Labute approximate surface area is 110 Å². The van der Waals surface area contributed by atoms with Crippen LogP contribution in [0.3, 0.4) is 0 Å². The monoisotopic (exact) mass is 268 g/mol. The van der Waals surface area contributed by atoms with Crippen molar-refractivity contribution in [2.75, 3.05) is 5.88 Å². The largest absolute Gasteiger partial charge is 0.423 e. The molecule has 0 unspecified atom stereocenters. The Morgan fingerprint density at radius 1 is 1.17 bits per heavy atom. The normalized spacial score (nSPS) is 10.4. The van der Waals surface area contributed by atoms with E-state index in [0.29, 0.717) is 5.88 Å². The van der Waals surface area contributed by atoms with E-state index in [9.17, 15) is 9.59 Å². The molecule has 1 aromatic rings. The van der Waals surface area contributed by atoms with Gasteiger partial charge >= 0.3 is 11.9 Å². The van der Waals surface area contributed by atoms with Gasteiger partial charge in [-0.1, -0.05) is 18.2 Å². The van der Waals surface area contributed by atoms with E-state index in [-0.39, 0.29) is 11.5 Å². The molecule has 0 atom stereocenters. The van der Waals surface area contributed by atoms with Gasteiger partial charge in [0.1, 0.15) is 0 Å². The van der Waals surface area contributed by atoms with Crippen molar-refractivity contribution in [3.05, 3.63) is 29.8 Å². The topological polar surface area (TPSA) is 52.6 Å². The lowest BCUT2D eigenvalue weighted by molar-refractivity contribution is -0.134. The van der Waals surface area contributed by atoms with Crippen LogP contribution in [0, 0.1) is 0 Å². The molecule has 0 fully saturated rings. The Morgan fingerprint density at radius 2 is 1.78 bits per heavy atom. The summed E-state index contributed by atoms with van der Waals surface area (Å²) in [5.41, 5.74) is 0.794. The Kier molecular flexibility index (Phi) is 5.39. The van der Waals surface area contributed by atoms with Crippen LogP contribution in [0.1, 0.15) is 19.4 Å². The maximum absolute atomic E-state index is 11.0. The van der Waals surface area contributed by atoms with E-state index in [1.807, 2.05) is 0 Å². The molecule has 0 bridgehead atoms. The fourth-order valence-corrected chi connectivity index (χ4v) is 1.37. The smallest absolute Gasteiger partial charge is 0.308 e. The molecule has 0 saturated heterocycles. The zero-order chi connectivity index (χ0) is 13.5. The number of esters is 2. The average Bonchev–Trinajstić information content (AvgIpc) is 2.28. The summed E-state index contributed by atoms with van der Waals surface area (Å²) >= 11 is 5.53. The van der Waals surface area contributed by atoms with Gasteiger partial charge in [0.2, 0.25) is 0 Å². The first kappa shape index (κ1) is 14.3. The van der Waals surface area contributed by atoms with Crippen LogP contribution in [0.2, 0.25) is 0 Å². The van der Waals surface area contributed by atoms with Gasteiger partial charge in [0.15, 0.2) is 11.5 Å². The molecule has 1 rings (SSSR count). The maximum atomic E-state index is 11.0. The van der Waals surface area contributed by atoms with Crippen molar-refractivity contribution in [2.24, 2.45) is 0 Å². The molecule has 0 amide bonds. The molecule has 18 heavy (non-hydrogen) atoms. The van der Waals surface area contributed by atoms with Gasteiger partial charge in [-0.25, -0.2) is 0 Å². The Hall–Kier alpha value is -1.81. The number of halogens is 1. The lowest BCUT2D eigenvalue weighted by Gasteiger charge is -2.09. The van der Waals surface area contributed by atoms with E-state index in [4.69, 9.17) is 21.1 Å². The number of rotatable bonds is 4. The van der Waals surface area contributed by atoms with E-state index in [1.165, 1.54) is 13.8 Å². The summed E-state index contributed by atoms with van der Waals surface area (Å²) in [4.78, 5) is 21.9. The Balaban J connectivity index is 3.06. The standard InChI is InChI=1S/C13H13ClO4/c1-9(15)17-12-6-5-11(4-3-7-14)8-13(12)18-10(2)16/h3-6,8H,7H2,1-2H3. The fraction of sp³-hybridized carbons (Fsp3) is 0.231. The maximum Gasteiger partial charge on any atom is 0.308 e. The van der Waals surface area contributed by atoms with Gasteiger partial charge in [-0.3, -0.25) is 9.59 Å². The van der Waals surface area contributed by atoms with Gasteiger partial charge < -0.3 is 9.47 Å². The van der Waals surface area contributed by atoms with Crippen LogP contribution in [0.5, 0.6) is 11.5 Å². The molecule has 4 nitrogen and oxygen atoms in total. The predicted octanol–water partition coefficient (Wildman–Crippen LogP) is 2.79. The summed E-state index contributed by atoms with van der Waals surface area (Å²) in [5, 5.41) is 0. The number of carbonyl (C=O) groups excluding carboxylic acids is 2. The highest BCUT2D eigenvalue weighted by Gasteiger charge is 2.10. The minimum atomic E-state index is -0.484. The van der Waals surface area contributed by atoms with Gasteiger partial charge in [-0.15, -0.1) is 11.6 Å². The second-order valence-electron chi connectivity index (χ2n) is 3.45. The van der Waals surface area contributed by atoms with E-state index >= 15 is 0 Å². The van der Waals surface area contributed by atoms with E-state index in [2.05, 4.69) is 0 Å². The van der Waals surface area contributed by atoms with Crippen molar-refractivity contribution in [3.63, 3.8) is 0 Å². The zero-order valence-electron chi connectivity index (χ0n) is 10.1. The highest BCUT2D eigenvalue weighted by Crippen LogP contribution is 2.29. The van der Waals surface area contributed by atoms with Crippen molar-refractivity contribution < 1.29 is 19.1 Å². The molecule has 0 aromatic heterocycles. The highest BCUT2D eigenvalue weighted by molar-refractivity contribution is 6.19. The third kappa shape index (κ3) is 4.59. The summed E-state index contributed by atoms with van der Waals surface area (Å²) < 4.78 is 9.92. The quantitative estimate of drug-likeness (QED) is 0.479. The first-order valence-corrected chi connectivity index (χ1v) is 5.79. The summed E-state index contributed by atoms with van der Waals surface area (Å²) in [7, 11) is 0. The van der Waals surface area contributed by atoms with Crippen LogP contribution < -0.4 is 9.47 Å². The molecule has 0 N–H and O–H groups in total. The summed E-state index contributed by atoms with van der Waals surface area (Å²) in [6.45, 7) is 2.55. The van der Waals surface area contributed by atoms with Gasteiger partial charge in [0.25, 0.3) is 0 Å². The molecule has 0 radical (unpaired) electrons. The minimum absolute atomic E-state index is 0.203. The average molecular weight is 269 g/mol. The van der Waals surface area contributed by atoms with E-state index in [0.717, 1.165) is 5.56 Å². The van der Waals surface area contributed by atoms with Crippen LogP contribution in [0.25, 0.3) is 6.08 Å². The molecule has 0 spiro atoms. The van der Waals surface area contributed by atoms with Crippen molar-refractivity contribution in [1.82, 2.24) is 0 Å². The van der Waals surface area contributed by atoms with E-state index < -0.39 is 11.9 Å². The SMILES string of the molecule is CC(=O)Oc1ccc(C=CCCl)cc1OC(C)=O. The van der Waals surface area contributed by atoms with Crippen LogP contribution in [0.4, 0.5) is 0 Å². The number of hydrogen-bond donors (Lipinski definition) is 0. The molecular weight excluding hydrogens is 256 g/mol. The van der Waals surface area contributed by atoms with Gasteiger partial charge in [0, 0.05) is 19.7 Å². The minimum Gasteiger partial charge on any atom is -0.423 e. The number of carbonyl (C=O) groups is 2. The first-order valence-electron chi connectivity index (χ1n) is 5.26. The van der Waals surface area contributed by atoms with Crippen molar-refractivity contribution in [3.8, 4) is 11.5 Å². The lowest BCUT2D eigenvalue weighted by Crippen LogP contribution is -2.07. The molecule has 0 saturated carbocycles. The van der Waals surface area contributed by atoms with Crippen molar-refractivity contribution >= 4 is 29.6 Å². The van der Waals surface area contributed by atoms with Crippen molar-refractivity contribution in [2.45, 2.75) is 13.8 Å². The summed E-state index contributed by atoms with van der Waals surface area (Å²) in [5.74, 6) is -0.168. The van der Waals surface area contributed by atoms with Crippen LogP contribution in [0.15, 0.2) is 24.3 Å². The number of benzene rings is 1. The van der Waals surface area contributed by atoms with Crippen LogP contribution >= 0.6 is 11.6 Å². The zero-order valence-corrected chi connectivity index (χ0v) is 10.9. The number of hydrogen-bond acceptors (Lipinski definition) is 4. The number of alkyl halides is 1. The second-order valence-corrected chi connectivity index (χ2v) is 3.76. The molecule has 0 aliphatic rings. The molecule has 5 heteroatoms. The first-order chi connectivity index (χ1) is 8.52. The van der Waals surface area contributed by atoms with Crippen LogP contribution in [-0.2, 0) is 9.59 Å². The lowest BCUT2D eigenvalue weighted by atomic mass is 10.2. The molecular formula is C13H13ClO4. The predicted molar refractivity (Wildman–Crippen MR) is 68.8 cm³/mol. The van der Waals surface area contributed by atoms with Gasteiger partial charge in [-0.05, 0) is 17.7 Å². The number of ether oxygens (including phenoxy) is 2. The second kappa shape index (κ2) is 6.81. The Bertz CT molecular complexity index is 480. The molecule has 0 aliphatic heterocycles. The molecule has 96 valence electrons. The van der Waals surface area contributed by atoms with E-state index in [1.54, 1.807) is 30.4 Å².